The van der Waals surface area contributed by atoms with Gasteiger partial charge in [-0.15, -0.1) is 12.1 Å². The number of carbonyl (C=O) groups is 2. The molecule has 0 N–H and O–H groups in total. The molecule has 0 atom stereocenters. The first-order chi connectivity index (χ1) is 10.8. The second-order valence-electron chi connectivity index (χ2n) is 4.93. The van der Waals surface area contributed by atoms with E-state index in [2.05, 4.69) is 0 Å². The van der Waals surface area contributed by atoms with Gasteiger partial charge in [-0.25, -0.2) is 12.1 Å². The fourth-order valence-corrected chi connectivity index (χ4v) is 2.40. The van der Waals surface area contributed by atoms with Crippen molar-refractivity contribution < 1.29 is 26.7 Å². The van der Waals surface area contributed by atoms with Crippen molar-refractivity contribution in [2.45, 2.75) is 0 Å². The summed E-state index contributed by atoms with van der Waals surface area (Å²) < 4.78 is 0. The minimum absolute atomic E-state index is 0. The van der Waals surface area contributed by atoms with Crippen molar-refractivity contribution in [3.05, 3.63) is 102 Å². The van der Waals surface area contributed by atoms with Crippen molar-refractivity contribution in [1.82, 2.24) is 0 Å². The average molecular weight is 342 g/mol. The molecule has 114 valence electrons. The Labute approximate surface area is 145 Å². The second kappa shape index (κ2) is 7.68. The molecule has 0 amide bonds. The number of hydrogen-bond donors (Lipinski definition) is 0. The van der Waals surface area contributed by atoms with Crippen molar-refractivity contribution in [2.24, 2.45) is 0 Å². The number of benzene rings is 1. The van der Waals surface area contributed by atoms with Crippen molar-refractivity contribution in [1.29, 1.82) is 0 Å². The van der Waals surface area contributed by atoms with Crippen molar-refractivity contribution >= 4 is 17.1 Å². The number of carbonyl (C=O) groups excluding carboxylic acids is 2. The van der Waals surface area contributed by atoms with Crippen LogP contribution in [0.4, 0.5) is 0 Å². The van der Waals surface area contributed by atoms with Crippen LogP contribution in [0.5, 0.6) is 0 Å². The molecule has 0 aliphatic heterocycles. The van der Waals surface area contributed by atoms with Crippen LogP contribution in [0.3, 0.4) is 0 Å². The van der Waals surface area contributed by atoms with E-state index in [9.17, 15) is 9.59 Å². The summed E-state index contributed by atoms with van der Waals surface area (Å²) in [7, 11) is 0. The quantitative estimate of drug-likeness (QED) is 0.489. The van der Waals surface area contributed by atoms with E-state index in [1.54, 1.807) is 24.3 Å². The van der Waals surface area contributed by atoms with Gasteiger partial charge in [0.1, 0.15) is 5.78 Å². The maximum Gasteiger partial charge on any atom is 2.00 e. The Balaban J connectivity index is 0.000000276. The van der Waals surface area contributed by atoms with Gasteiger partial charge in [0, 0.05) is 5.56 Å². The van der Waals surface area contributed by atoms with Crippen molar-refractivity contribution in [3.8, 4) is 0 Å². The second-order valence-corrected chi connectivity index (χ2v) is 4.93. The zero-order chi connectivity index (χ0) is 15.4. The summed E-state index contributed by atoms with van der Waals surface area (Å²) in [4.78, 5) is 24.1. The van der Waals surface area contributed by atoms with Crippen LogP contribution < -0.4 is 0 Å². The molecule has 0 fully saturated rings. The molecule has 0 spiro atoms. The molecule has 1 aliphatic carbocycles. The fraction of sp³-hybridized carbons (Fsp3) is 0. The topological polar surface area (TPSA) is 34.1 Å². The molecule has 4 rings (SSSR count). The van der Waals surface area contributed by atoms with Gasteiger partial charge in [0.05, 0.1) is 0 Å². The number of fused-ring (bicyclic) bond motifs is 1. The third kappa shape index (κ3) is 3.65. The van der Waals surface area contributed by atoms with Crippen LogP contribution in [0.1, 0.15) is 26.3 Å². The van der Waals surface area contributed by atoms with Gasteiger partial charge in [0.2, 0.25) is 0 Å². The molecule has 0 saturated carbocycles. The molecular weight excluding hydrogens is 328 g/mol. The summed E-state index contributed by atoms with van der Waals surface area (Å²) in [6.07, 6.45) is 1.43. The zero-order valence-electron chi connectivity index (χ0n) is 12.3. The summed E-state index contributed by atoms with van der Waals surface area (Å²) in [5.41, 5.74) is 2.28. The Kier molecular flexibility index (Phi) is 5.64. The Bertz CT molecular complexity index is 792. The van der Waals surface area contributed by atoms with Crippen molar-refractivity contribution in [3.63, 3.8) is 0 Å². The molecule has 2 nitrogen and oxygen atoms in total. The normalized spacial score (nSPS) is 12.4. The SMILES string of the molecule is O=C1C=C([c-]2cccc2)C(=O)c2ccccc21.[Fe+2].c1cc[cH-]c1. The largest absolute Gasteiger partial charge is 2.00 e. The fourth-order valence-electron chi connectivity index (χ4n) is 2.40. The van der Waals surface area contributed by atoms with Crippen LogP contribution in [0, 0.1) is 0 Å². The number of hydrogen-bond acceptors (Lipinski definition) is 2. The Morgan fingerprint density at radius 2 is 1.39 bits per heavy atom. The summed E-state index contributed by atoms with van der Waals surface area (Å²) in [6, 6.07) is 24.3. The van der Waals surface area contributed by atoms with Crippen LogP contribution >= 0.6 is 0 Å². The van der Waals surface area contributed by atoms with E-state index < -0.39 is 0 Å². The number of Topliss-reactive ketones (excluding diaryl/α,β-unsaturated/α-hetero) is 1. The maximum atomic E-state index is 12.2. The number of rotatable bonds is 1. The molecule has 3 aromatic carbocycles. The average Bonchev–Trinajstić information content (AvgIpc) is 3.26. The summed E-state index contributed by atoms with van der Waals surface area (Å²) in [5, 5.41) is 0. The minimum Gasteiger partial charge on any atom is -0.335 e. The van der Waals surface area contributed by atoms with E-state index in [4.69, 9.17) is 0 Å². The molecule has 0 heterocycles. The molecule has 0 unspecified atom stereocenters. The van der Waals surface area contributed by atoms with Crippen LogP contribution in [0.25, 0.3) is 5.57 Å². The van der Waals surface area contributed by atoms with Gasteiger partial charge < -0.3 is 4.79 Å². The molecule has 1 aliphatic rings. The van der Waals surface area contributed by atoms with E-state index in [0.717, 1.165) is 5.56 Å². The smallest absolute Gasteiger partial charge is 0.335 e. The van der Waals surface area contributed by atoms with Gasteiger partial charge in [0.15, 0.2) is 5.78 Å². The third-order valence-corrected chi connectivity index (χ3v) is 3.49. The Morgan fingerprint density at radius 1 is 0.783 bits per heavy atom. The monoisotopic (exact) mass is 342 g/mol. The zero-order valence-corrected chi connectivity index (χ0v) is 13.4. The van der Waals surface area contributed by atoms with Crippen LogP contribution in [0.15, 0.2) is 84.9 Å². The molecule has 3 aromatic rings. The molecule has 0 radical (unpaired) electrons. The van der Waals surface area contributed by atoms with E-state index in [0.29, 0.717) is 16.7 Å². The molecule has 3 heteroatoms. The van der Waals surface area contributed by atoms with E-state index in [1.165, 1.54) is 6.08 Å². The van der Waals surface area contributed by atoms with Crippen LogP contribution in [-0.2, 0) is 17.1 Å². The van der Waals surface area contributed by atoms with Gasteiger partial charge in [-0.05, 0) is 5.56 Å². The van der Waals surface area contributed by atoms with Gasteiger partial charge in [0.25, 0.3) is 0 Å². The van der Waals surface area contributed by atoms with E-state index in [-0.39, 0.29) is 28.6 Å². The van der Waals surface area contributed by atoms with Crippen molar-refractivity contribution in [2.75, 3.05) is 0 Å². The third-order valence-electron chi connectivity index (χ3n) is 3.49. The van der Waals surface area contributed by atoms with Gasteiger partial charge >= 0.3 is 17.1 Å². The first-order valence-electron chi connectivity index (χ1n) is 7.06. The summed E-state index contributed by atoms with van der Waals surface area (Å²) >= 11 is 0. The summed E-state index contributed by atoms with van der Waals surface area (Å²) in [5.74, 6) is -0.178. The number of ketones is 2. The summed E-state index contributed by atoms with van der Waals surface area (Å²) in [6.45, 7) is 0. The first kappa shape index (κ1) is 16.9. The Hall–Kier alpha value is -2.48. The molecule has 23 heavy (non-hydrogen) atoms. The van der Waals surface area contributed by atoms with Crippen LogP contribution in [-0.4, -0.2) is 11.6 Å². The van der Waals surface area contributed by atoms with Gasteiger partial charge in [-0.3, -0.25) is 4.79 Å². The predicted molar refractivity (Wildman–Crippen MR) is 87.2 cm³/mol. The van der Waals surface area contributed by atoms with Gasteiger partial charge in [-0.2, -0.15) is 30.3 Å². The molecular formula is C20H14FeO2. The van der Waals surface area contributed by atoms with E-state index in [1.807, 2.05) is 54.6 Å². The number of allylic oxidation sites excluding steroid dienone is 2. The molecule has 0 bridgehead atoms. The molecule has 0 aromatic heterocycles. The minimum atomic E-state index is -0.101. The standard InChI is InChI=1S/C15H9O2.C5H5.Fe/c16-14-9-13(10-5-1-2-6-10)15(17)12-8-4-3-7-11(12)14;1-2-4-5-3-1;/h1-9H;1-5H;/q2*-1;+2. The van der Waals surface area contributed by atoms with Crippen LogP contribution in [0.2, 0.25) is 0 Å². The molecule has 0 saturated heterocycles. The predicted octanol–water partition coefficient (Wildman–Crippen LogP) is 4.27. The van der Waals surface area contributed by atoms with E-state index >= 15 is 0 Å². The maximum absolute atomic E-state index is 12.2. The van der Waals surface area contributed by atoms with Gasteiger partial charge in [-0.1, -0.05) is 41.5 Å². The Morgan fingerprint density at radius 3 is 1.96 bits per heavy atom. The first-order valence-corrected chi connectivity index (χ1v) is 7.06.